The van der Waals surface area contributed by atoms with Crippen molar-refractivity contribution in [3.8, 4) is 11.5 Å². The van der Waals surface area contributed by atoms with Gasteiger partial charge in [-0.05, 0) is 36.4 Å². The van der Waals surface area contributed by atoms with Gasteiger partial charge in [-0.2, -0.15) is 0 Å². The minimum atomic E-state index is 0.655. The molecule has 0 aliphatic rings. The van der Waals surface area contributed by atoms with Crippen LogP contribution >= 0.6 is 11.6 Å². The number of hydrogen-bond acceptors (Lipinski definition) is 2. The molecule has 1 aromatic heterocycles. The van der Waals surface area contributed by atoms with Gasteiger partial charge in [-0.3, -0.25) is 0 Å². The molecule has 3 heteroatoms. The van der Waals surface area contributed by atoms with E-state index in [9.17, 15) is 0 Å². The van der Waals surface area contributed by atoms with Crippen molar-refractivity contribution in [2.45, 2.75) is 0 Å². The van der Waals surface area contributed by atoms with Gasteiger partial charge in [0.1, 0.15) is 17.1 Å². The van der Waals surface area contributed by atoms with Crippen LogP contribution in [0.3, 0.4) is 0 Å². The number of halogens is 1. The predicted molar refractivity (Wildman–Crippen MR) is 67.7 cm³/mol. The monoisotopic (exact) mass is 244 g/mol. The van der Waals surface area contributed by atoms with Gasteiger partial charge in [0.25, 0.3) is 0 Å². The van der Waals surface area contributed by atoms with E-state index >= 15 is 0 Å². The van der Waals surface area contributed by atoms with Gasteiger partial charge in [0.2, 0.25) is 0 Å². The number of ether oxygens (including phenoxy) is 1. The molecule has 2 aromatic carbocycles. The minimum Gasteiger partial charge on any atom is -0.464 e. The Labute approximate surface area is 103 Å². The van der Waals surface area contributed by atoms with Crippen LogP contribution in [0.5, 0.6) is 11.5 Å². The zero-order chi connectivity index (χ0) is 11.7. The van der Waals surface area contributed by atoms with Crippen LogP contribution in [0.4, 0.5) is 0 Å². The highest BCUT2D eigenvalue weighted by Crippen LogP contribution is 2.31. The molecule has 0 aliphatic heterocycles. The Morgan fingerprint density at radius 2 is 1.88 bits per heavy atom. The van der Waals surface area contributed by atoms with E-state index in [1.807, 2.05) is 42.5 Å². The van der Waals surface area contributed by atoms with Crippen LogP contribution < -0.4 is 4.74 Å². The van der Waals surface area contributed by atoms with Crippen LogP contribution in [-0.2, 0) is 0 Å². The topological polar surface area (TPSA) is 22.4 Å². The fourth-order valence-electron chi connectivity index (χ4n) is 1.71. The maximum absolute atomic E-state index is 5.91. The summed E-state index contributed by atoms with van der Waals surface area (Å²) < 4.78 is 11.1. The molecule has 3 rings (SSSR count). The van der Waals surface area contributed by atoms with Crippen molar-refractivity contribution in [2.24, 2.45) is 0 Å². The van der Waals surface area contributed by atoms with Crippen molar-refractivity contribution >= 4 is 22.6 Å². The first kappa shape index (κ1) is 10.2. The minimum absolute atomic E-state index is 0.655. The van der Waals surface area contributed by atoms with Gasteiger partial charge in [0, 0.05) is 5.02 Å². The largest absolute Gasteiger partial charge is 0.464 e. The fourth-order valence-corrected chi connectivity index (χ4v) is 1.89. The Balaban J connectivity index is 2.02. The average molecular weight is 245 g/mol. The Hall–Kier alpha value is -1.93. The molecule has 0 unspecified atom stereocenters. The molecule has 0 atom stereocenters. The van der Waals surface area contributed by atoms with E-state index < -0.39 is 0 Å². The lowest BCUT2D eigenvalue weighted by Crippen LogP contribution is -1.84. The van der Waals surface area contributed by atoms with Gasteiger partial charge in [-0.1, -0.05) is 23.7 Å². The molecule has 0 saturated heterocycles. The van der Waals surface area contributed by atoms with E-state index in [2.05, 4.69) is 0 Å². The Morgan fingerprint density at radius 1 is 1.00 bits per heavy atom. The highest BCUT2D eigenvalue weighted by molar-refractivity contribution is 6.30. The van der Waals surface area contributed by atoms with Crippen LogP contribution in [0.1, 0.15) is 0 Å². The average Bonchev–Trinajstić information content (AvgIpc) is 2.78. The number of furan rings is 1. The van der Waals surface area contributed by atoms with E-state index in [1.165, 1.54) is 0 Å². The highest BCUT2D eigenvalue weighted by atomic mass is 35.5. The molecule has 0 saturated carbocycles. The summed E-state index contributed by atoms with van der Waals surface area (Å²) in [6.45, 7) is 0. The SMILES string of the molecule is Clc1cccc(Oc2cccc3occc23)c1. The third kappa shape index (κ3) is 1.99. The predicted octanol–water partition coefficient (Wildman–Crippen LogP) is 4.88. The van der Waals surface area contributed by atoms with E-state index in [0.717, 1.165) is 16.7 Å². The first-order chi connectivity index (χ1) is 8.33. The maximum atomic E-state index is 5.91. The van der Waals surface area contributed by atoms with Crippen molar-refractivity contribution in [1.29, 1.82) is 0 Å². The van der Waals surface area contributed by atoms with Crippen molar-refractivity contribution in [3.05, 3.63) is 59.8 Å². The third-order valence-corrected chi connectivity index (χ3v) is 2.71. The van der Waals surface area contributed by atoms with Gasteiger partial charge < -0.3 is 9.15 Å². The summed E-state index contributed by atoms with van der Waals surface area (Å²) in [5, 5.41) is 1.61. The van der Waals surface area contributed by atoms with Gasteiger partial charge in [0.15, 0.2) is 0 Å². The van der Waals surface area contributed by atoms with Gasteiger partial charge in [-0.15, -0.1) is 0 Å². The summed E-state index contributed by atoms with van der Waals surface area (Å²) in [5.74, 6) is 1.48. The smallest absolute Gasteiger partial charge is 0.138 e. The molecule has 3 aromatic rings. The van der Waals surface area contributed by atoms with Crippen LogP contribution in [0, 0.1) is 0 Å². The third-order valence-electron chi connectivity index (χ3n) is 2.48. The van der Waals surface area contributed by atoms with Crippen LogP contribution in [-0.4, -0.2) is 0 Å². The molecule has 0 bridgehead atoms. The molecular formula is C14H9ClO2. The normalized spacial score (nSPS) is 10.6. The van der Waals surface area contributed by atoms with E-state index in [4.69, 9.17) is 20.8 Å². The van der Waals surface area contributed by atoms with Crippen molar-refractivity contribution < 1.29 is 9.15 Å². The number of hydrogen-bond donors (Lipinski definition) is 0. The van der Waals surface area contributed by atoms with Gasteiger partial charge in [0.05, 0.1) is 11.6 Å². The number of benzene rings is 2. The summed E-state index contributed by atoms with van der Waals surface area (Å²) in [7, 11) is 0. The fraction of sp³-hybridized carbons (Fsp3) is 0. The molecule has 0 radical (unpaired) electrons. The highest BCUT2D eigenvalue weighted by Gasteiger charge is 2.05. The molecule has 1 heterocycles. The second-order valence-corrected chi connectivity index (χ2v) is 4.08. The molecule has 0 spiro atoms. The Kier molecular flexibility index (Phi) is 2.50. The second kappa shape index (κ2) is 4.15. The standard InChI is InChI=1S/C14H9ClO2/c15-10-3-1-4-11(9-10)17-14-6-2-5-13-12(14)7-8-16-13/h1-9H. The number of rotatable bonds is 2. The first-order valence-electron chi connectivity index (χ1n) is 5.22. The van der Waals surface area contributed by atoms with Crippen molar-refractivity contribution in [1.82, 2.24) is 0 Å². The Bertz CT molecular complexity index is 658. The lowest BCUT2D eigenvalue weighted by Gasteiger charge is -2.06. The molecule has 0 aliphatic carbocycles. The van der Waals surface area contributed by atoms with Gasteiger partial charge >= 0.3 is 0 Å². The maximum Gasteiger partial charge on any atom is 0.138 e. The zero-order valence-electron chi connectivity index (χ0n) is 8.89. The summed E-state index contributed by atoms with van der Waals surface area (Å²) >= 11 is 5.91. The summed E-state index contributed by atoms with van der Waals surface area (Å²) in [4.78, 5) is 0. The molecular weight excluding hydrogens is 236 g/mol. The lowest BCUT2D eigenvalue weighted by molar-refractivity contribution is 0.488. The van der Waals surface area contributed by atoms with E-state index in [-0.39, 0.29) is 0 Å². The van der Waals surface area contributed by atoms with E-state index in [1.54, 1.807) is 12.3 Å². The van der Waals surface area contributed by atoms with Crippen LogP contribution in [0.2, 0.25) is 5.02 Å². The van der Waals surface area contributed by atoms with Gasteiger partial charge in [-0.25, -0.2) is 0 Å². The van der Waals surface area contributed by atoms with Crippen LogP contribution in [0.25, 0.3) is 11.0 Å². The first-order valence-corrected chi connectivity index (χ1v) is 5.60. The molecule has 0 N–H and O–H groups in total. The summed E-state index contributed by atoms with van der Waals surface area (Å²) in [6.07, 6.45) is 1.65. The van der Waals surface area contributed by atoms with Crippen molar-refractivity contribution in [3.63, 3.8) is 0 Å². The quantitative estimate of drug-likeness (QED) is 0.641. The van der Waals surface area contributed by atoms with Crippen LogP contribution in [0.15, 0.2) is 59.2 Å². The molecule has 17 heavy (non-hydrogen) atoms. The number of fused-ring (bicyclic) bond motifs is 1. The van der Waals surface area contributed by atoms with E-state index in [0.29, 0.717) is 10.8 Å². The molecule has 0 amide bonds. The Morgan fingerprint density at radius 3 is 2.76 bits per heavy atom. The summed E-state index contributed by atoms with van der Waals surface area (Å²) in [6, 6.07) is 14.9. The second-order valence-electron chi connectivity index (χ2n) is 3.65. The zero-order valence-corrected chi connectivity index (χ0v) is 9.65. The lowest BCUT2D eigenvalue weighted by atomic mass is 10.2. The summed E-state index contributed by atoms with van der Waals surface area (Å²) in [5.41, 5.74) is 0.810. The molecule has 0 fully saturated rings. The molecule has 2 nitrogen and oxygen atoms in total. The molecule has 84 valence electrons. The van der Waals surface area contributed by atoms with Crippen molar-refractivity contribution in [2.75, 3.05) is 0 Å².